The number of benzene rings is 3. The summed E-state index contributed by atoms with van der Waals surface area (Å²) in [6.07, 6.45) is 4.62. The Morgan fingerprint density at radius 1 is 0.659 bits per heavy atom. The standard InChI is InChI=1S/C35H38F6O3/c1-3-43-29-17-16-28(34(40)35(29)41)27-15-14-26(32(38)33(27)39)21-6-4-20(5-7-21)18-44-23-10-8-22(9-11-23)25-13-12-24(19(2)42)30(36)31(25)37/h12-17,19-23,42H,3-11,18H2,1-2H3. The molecule has 0 radical (unpaired) electrons. The van der Waals surface area contributed by atoms with Crippen molar-refractivity contribution in [3.63, 3.8) is 0 Å². The molecule has 1 N–H and O–H groups in total. The molecule has 3 aromatic carbocycles. The number of hydrogen-bond acceptors (Lipinski definition) is 3. The molecule has 0 spiro atoms. The minimum Gasteiger partial charge on any atom is -0.491 e. The van der Waals surface area contributed by atoms with Crippen LogP contribution in [0.4, 0.5) is 26.3 Å². The van der Waals surface area contributed by atoms with Crippen molar-refractivity contribution >= 4 is 0 Å². The average Bonchev–Trinajstić information content (AvgIpc) is 3.02. The zero-order valence-electron chi connectivity index (χ0n) is 25.0. The summed E-state index contributed by atoms with van der Waals surface area (Å²) < 4.78 is 99.6. The average molecular weight is 621 g/mol. The minimum absolute atomic E-state index is 0.0283. The van der Waals surface area contributed by atoms with Crippen LogP contribution < -0.4 is 4.74 Å². The van der Waals surface area contributed by atoms with Crippen molar-refractivity contribution < 1.29 is 40.9 Å². The van der Waals surface area contributed by atoms with Gasteiger partial charge in [-0.05, 0) is 106 Å². The van der Waals surface area contributed by atoms with E-state index in [2.05, 4.69) is 0 Å². The second-order valence-electron chi connectivity index (χ2n) is 12.1. The first-order valence-corrected chi connectivity index (χ1v) is 15.5. The van der Waals surface area contributed by atoms with E-state index < -0.39 is 41.0 Å². The van der Waals surface area contributed by atoms with Gasteiger partial charge in [0, 0.05) is 23.3 Å². The van der Waals surface area contributed by atoms with Crippen molar-refractivity contribution in [2.45, 2.75) is 89.3 Å². The molecule has 0 aliphatic heterocycles. The highest BCUT2D eigenvalue weighted by molar-refractivity contribution is 5.66. The van der Waals surface area contributed by atoms with E-state index in [1.165, 1.54) is 37.3 Å². The Hall–Kier alpha value is -3.04. The second kappa shape index (κ2) is 13.9. The van der Waals surface area contributed by atoms with Crippen molar-refractivity contribution in [3.8, 4) is 16.9 Å². The Kier molecular flexibility index (Phi) is 10.3. The van der Waals surface area contributed by atoms with Crippen molar-refractivity contribution in [2.75, 3.05) is 13.2 Å². The Balaban J connectivity index is 1.13. The first kappa shape index (κ1) is 32.4. The number of rotatable bonds is 9. The van der Waals surface area contributed by atoms with Crippen LogP contribution in [0.15, 0.2) is 36.4 Å². The molecule has 0 heterocycles. The van der Waals surface area contributed by atoms with Crippen LogP contribution in [0.25, 0.3) is 11.1 Å². The third-order valence-electron chi connectivity index (χ3n) is 9.31. The lowest BCUT2D eigenvalue weighted by molar-refractivity contribution is -0.00295. The van der Waals surface area contributed by atoms with Crippen LogP contribution in [-0.4, -0.2) is 24.4 Å². The van der Waals surface area contributed by atoms with Gasteiger partial charge in [-0.25, -0.2) is 22.0 Å². The third-order valence-corrected chi connectivity index (χ3v) is 9.31. The molecule has 0 bridgehead atoms. The fourth-order valence-corrected chi connectivity index (χ4v) is 6.76. The van der Waals surface area contributed by atoms with Crippen LogP contribution in [0, 0.1) is 40.8 Å². The van der Waals surface area contributed by atoms with E-state index in [-0.39, 0.29) is 58.5 Å². The van der Waals surface area contributed by atoms with Crippen LogP contribution in [0.5, 0.6) is 5.75 Å². The lowest BCUT2D eigenvalue weighted by Crippen LogP contribution is -2.26. The molecule has 2 saturated carbocycles. The fourth-order valence-electron chi connectivity index (χ4n) is 6.76. The molecule has 2 aliphatic carbocycles. The lowest BCUT2D eigenvalue weighted by Gasteiger charge is -2.33. The second-order valence-corrected chi connectivity index (χ2v) is 12.1. The van der Waals surface area contributed by atoms with E-state index >= 15 is 8.78 Å². The van der Waals surface area contributed by atoms with Gasteiger partial charge in [0.05, 0.1) is 18.8 Å². The van der Waals surface area contributed by atoms with Crippen LogP contribution in [0.2, 0.25) is 0 Å². The first-order valence-electron chi connectivity index (χ1n) is 15.5. The smallest absolute Gasteiger partial charge is 0.201 e. The number of aliphatic hydroxyl groups is 1. The van der Waals surface area contributed by atoms with E-state index in [0.29, 0.717) is 37.9 Å². The van der Waals surface area contributed by atoms with Gasteiger partial charge in [-0.15, -0.1) is 0 Å². The maximum absolute atomic E-state index is 15.2. The van der Waals surface area contributed by atoms with Crippen molar-refractivity contribution in [3.05, 3.63) is 88.0 Å². The summed E-state index contributed by atoms with van der Waals surface area (Å²) in [5, 5.41) is 9.63. The molecule has 3 aromatic rings. The zero-order chi connectivity index (χ0) is 31.5. The summed E-state index contributed by atoms with van der Waals surface area (Å²) in [5.74, 6) is -6.94. The van der Waals surface area contributed by atoms with E-state index in [1.807, 2.05) is 0 Å². The largest absolute Gasteiger partial charge is 0.491 e. The normalized spacial score (nSPS) is 23.0. The summed E-state index contributed by atoms with van der Waals surface area (Å²) in [6.45, 7) is 3.71. The Morgan fingerprint density at radius 3 is 1.77 bits per heavy atom. The lowest BCUT2D eigenvalue weighted by atomic mass is 9.78. The molecule has 3 nitrogen and oxygen atoms in total. The van der Waals surface area contributed by atoms with Gasteiger partial charge < -0.3 is 14.6 Å². The number of ether oxygens (including phenoxy) is 2. The fraction of sp³-hybridized carbons (Fsp3) is 0.486. The number of hydrogen-bond donors (Lipinski definition) is 1. The van der Waals surface area contributed by atoms with Gasteiger partial charge in [0.15, 0.2) is 34.8 Å². The minimum atomic E-state index is -1.29. The first-order chi connectivity index (χ1) is 21.1. The predicted molar refractivity (Wildman–Crippen MR) is 156 cm³/mol. The van der Waals surface area contributed by atoms with Gasteiger partial charge in [0.25, 0.3) is 0 Å². The van der Waals surface area contributed by atoms with Crippen LogP contribution in [0.1, 0.15) is 99.8 Å². The highest BCUT2D eigenvalue weighted by Gasteiger charge is 2.30. The van der Waals surface area contributed by atoms with Crippen molar-refractivity contribution in [2.24, 2.45) is 5.92 Å². The van der Waals surface area contributed by atoms with E-state index in [9.17, 15) is 22.7 Å². The molecule has 5 rings (SSSR count). The maximum atomic E-state index is 15.2. The van der Waals surface area contributed by atoms with Crippen LogP contribution in [-0.2, 0) is 4.74 Å². The van der Waals surface area contributed by atoms with Crippen LogP contribution in [0.3, 0.4) is 0 Å². The van der Waals surface area contributed by atoms with E-state index in [4.69, 9.17) is 9.47 Å². The highest BCUT2D eigenvalue weighted by atomic mass is 19.2. The number of halogens is 6. The predicted octanol–water partition coefficient (Wildman–Crippen LogP) is 9.66. The topological polar surface area (TPSA) is 38.7 Å². The van der Waals surface area contributed by atoms with Gasteiger partial charge in [-0.3, -0.25) is 0 Å². The Labute approximate surface area is 254 Å². The molecule has 238 valence electrons. The third kappa shape index (κ3) is 6.64. The summed E-state index contributed by atoms with van der Waals surface area (Å²) in [5.41, 5.74) is -0.167. The SMILES string of the molecule is CCOc1ccc(-c2ccc(C3CCC(COC4CCC(c5ccc(C(C)O)c(F)c5F)CC4)CC3)c(F)c2F)c(F)c1F. The molecule has 1 atom stereocenters. The Bertz CT molecular complexity index is 1460. The quantitative estimate of drug-likeness (QED) is 0.242. The molecule has 0 saturated heterocycles. The van der Waals surface area contributed by atoms with Gasteiger partial charge in [0.2, 0.25) is 5.82 Å². The zero-order valence-corrected chi connectivity index (χ0v) is 25.0. The van der Waals surface area contributed by atoms with Crippen molar-refractivity contribution in [1.82, 2.24) is 0 Å². The summed E-state index contributed by atoms with van der Waals surface area (Å²) in [6, 6.07) is 8.19. The molecule has 9 heteroatoms. The molecular formula is C35H38F6O3. The molecule has 2 aliphatic rings. The summed E-state index contributed by atoms with van der Waals surface area (Å²) >= 11 is 0. The van der Waals surface area contributed by atoms with Gasteiger partial charge in [-0.2, -0.15) is 4.39 Å². The number of aliphatic hydroxyl groups excluding tert-OH is 1. The monoisotopic (exact) mass is 620 g/mol. The Morgan fingerprint density at radius 2 is 1.18 bits per heavy atom. The van der Waals surface area contributed by atoms with E-state index in [0.717, 1.165) is 25.7 Å². The molecule has 1 unspecified atom stereocenters. The summed E-state index contributed by atoms with van der Waals surface area (Å²) in [7, 11) is 0. The molecular weight excluding hydrogens is 582 g/mol. The molecule has 0 aromatic heterocycles. The molecule has 2 fully saturated rings. The van der Waals surface area contributed by atoms with Gasteiger partial charge in [0.1, 0.15) is 0 Å². The summed E-state index contributed by atoms with van der Waals surface area (Å²) in [4.78, 5) is 0. The van der Waals surface area contributed by atoms with E-state index in [1.54, 1.807) is 13.0 Å². The van der Waals surface area contributed by atoms with Crippen LogP contribution >= 0.6 is 0 Å². The molecule has 44 heavy (non-hydrogen) atoms. The highest BCUT2D eigenvalue weighted by Crippen LogP contribution is 2.41. The van der Waals surface area contributed by atoms with Gasteiger partial charge in [-0.1, -0.05) is 24.3 Å². The van der Waals surface area contributed by atoms with Crippen molar-refractivity contribution in [1.29, 1.82) is 0 Å². The maximum Gasteiger partial charge on any atom is 0.201 e. The molecule has 0 amide bonds. The van der Waals surface area contributed by atoms with Gasteiger partial charge >= 0.3 is 0 Å².